The number of likely N-dealkylation sites (N-methyl/N-ethyl adjacent to an activating group) is 1. The van der Waals surface area contributed by atoms with E-state index in [1.54, 1.807) is 0 Å². The molecule has 0 bridgehead atoms. The van der Waals surface area contributed by atoms with Crippen molar-refractivity contribution in [1.29, 1.82) is 0 Å². The second kappa shape index (κ2) is 8.05. The molecule has 1 atom stereocenters. The Bertz CT molecular complexity index is 1260. The molecule has 1 saturated heterocycles. The maximum atomic E-state index is 13.2. The molecule has 1 aliphatic rings. The van der Waals surface area contributed by atoms with E-state index in [9.17, 15) is 13.2 Å². The summed E-state index contributed by atoms with van der Waals surface area (Å²) in [6, 6.07) is -3.60. The molecule has 3 N–H and O–H groups in total. The van der Waals surface area contributed by atoms with Crippen LogP contribution in [-0.4, -0.2) is 57.6 Å². The maximum absolute atomic E-state index is 13.2. The predicted molar refractivity (Wildman–Crippen MR) is 97.7 cm³/mol. The van der Waals surface area contributed by atoms with E-state index >= 15 is 0 Å². The minimum Gasteiger partial charge on any atom is -0.496 e. The van der Waals surface area contributed by atoms with Crippen molar-refractivity contribution in [2.45, 2.75) is 37.5 Å². The van der Waals surface area contributed by atoms with Gasteiger partial charge in [-0.1, -0.05) is 13.7 Å². The van der Waals surface area contributed by atoms with Gasteiger partial charge < -0.3 is 15.8 Å². The maximum Gasteiger partial charge on any atom is 0.255 e. The Morgan fingerprint density at radius 1 is 1.56 bits per heavy atom. The summed E-state index contributed by atoms with van der Waals surface area (Å²) in [7, 11) is -9.08. The number of sulfone groups is 1. The van der Waals surface area contributed by atoms with E-state index < -0.39 is 95.3 Å². The van der Waals surface area contributed by atoms with Gasteiger partial charge in [-0.3, -0.25) is 9.69 Å². The number of ether oxygens (including phenoxy) is 1. The van der Waals surface area contributed by atoms with Gasteiger partial charge in [-0.2, -0.15) is 0 Å². The highest BCUT2D eigenvalue weighted by molar-refractivity contribution is 7.91. The Morgan fingerprint density at radius 3 is 3.12 bits per heavy atom. The fourth-order valence-corrected chi connectivity index (χ4v) is 3.15. The van der Waals surface area contributed by atoms with Crippen molar-refractivity contribution in [3.05, 3.63) is 17.6 Å². The molecule has 0 aromatic heterocycles. The summed E-state index contributed by atoms with van der Waals surface area (Å²) in [5.41, 5.74) is -0.840. The van der Waals surface area contributed by atoms with Crippen LogP contribution in [0.5, 0.6) is 5.75 Å². The third-order valence-electron chi connectivity index (χ3n) is 3.71. The van der Waals surface area contributed by atoms with Crippen LogP contribution in [0.25, 0.3) is 0 Å². The molecule has 25 heavy (non-hydrogen) atoms. The van der Waals surface area contributed by atoms with E-state index in [2.05, 4.69) is 10.1 Å². The molecule has 7 nitrogen and oxygen atoms in total. The second-order valence-electron chi connectivity index (χ2n) is 5.22. The first kappa shape index (κ1) is 7.44. The zero-order valence-electron chi connectivity index (χ0n) is 28.0. The average Bonchev–Trinajstić information content (AvgIpc) is 3.22. The van der Waals surface area contributed by atoms with E-state index in [4.69, 9.17) is 26.3 Å². The van der Waals surface area contributed by atoms with Crippen molar-refractivity contribution in [2.75, 3.05) is 38.1 Å². The fourth-order valence-electron chi connectivity index (χ4n) is 2.47. The molecule has 1 heterocycles. The van der Waals surface area contributed by atoms with Crippen molar-refractivity contribution in [3.8, 4) is 5.75 Å². The summed E-state index contributed by atoms with van der Waals surface area (Å²) in [6.07, 6.45) is 0.560. The number of likely N-dealkylation sites (tertiary alicyclic amines) is 1. The van der Waals surface area contributed by atoms with Crippen LogP contribution in [0.1, 0.15) is 57.5 Å². The lowest BCUT2D eigenvalue weighted by Gasteiger charge is -2.23. The molecule has 8 heteroatoms. The summed E-state index contributed by atoms with van der Waals surface area (Å²) >= 11 is 0. The van der Waals surface area contributed by atoms with Crippen LogP contribution >= 0.6 is 0 Å². The first-order valence-corrected chi connectivity index (χ1v) is 8.59. The normalized spacial score (nSPS) is 29.8. The molecule has 1 aromatic rings. The number of rotatable bonds is 7. The number of nitrogens with one attached hydrogen (secondary N) is 1. The summed E-state index contributed by atoms with van der Waals surface area (Å²) in [6.45, 7) is -10.1. The summed E-state index contributed by atoms with van der Waals surface area (Å²) in [5, 5.41) is 2.22. The Hall–Kier alpha value is -1.80. The number of methoxy groups -OCH3 is 1. The van der Waals surface area contributed by atoms with Crippen LogP contribution in [0, 0.1) is 0 Å². The molecule has 0 saturated carbocycles. The molecule has 1 aliphatic heterocycles. The van der Waals surface area contributed by atoms with Crippen molar-refractivity contribution < 1.29 is 38.5 Å². The zero-order valence-corrected chi connectivity index (χ0v) is 13.8. The molecule has 2 rings (SSSR count). The number of nitrogen functional groups attached to an aromatic ring is 1. The largest absolute Gasteiger partial charge is 0.496 e. The Kier molecular flexibility index (Phi) is 2.40. The lowest BCUT2D eigenvalue weighted by atomic mass is 10.1. The second-order valence-corrected chi connectivity index (χ2v) is 6.84. The zero-order chi connectivity index (χ0) is 31.4. The van der Waals surface area contributed by atoms with Gasteiger partial charge in [-0.25, -0.2) is 8.42 Å². The monoisotopic (exact) mass is 384 g/mol. The molecule has 0 radical (unpaired) electrons. The van der Waals surface area contributed by atoms with Gasteiger partial charge in [-0.05, 0) is 31.9 Å². The van der Waals surface area contributed by atoms with Crippen molar-refractivity contribution in [3.63, 3.8) is 0 Å². The molecule has 1 fully saturated rings. The number of carbonyl (C=O) groups is 1. The number of nitrogens with zero attached hydrogens (tertiary/aromatic N) is 1. The topological polar surface area (TPSA) is 102 Å². The van der Waals surface area contributed by atoms with Crippen molar-refractivity contribution in [2.24, 2.45) is 0 Å². The van der Waals surface area contributed by atoms with E-state index in [1.807, 2.05) is 0 Å². The summed E-state index contributed by atoms with van der Waals surface area (Å²) in [4.78, 5) is 12.7. The number of anilines is 1. The van der Waals surface area contributed by atoms with Crippen molar-refractivity contribution >= 4 is 21.4 Å². The molecule has 1 amide bonds. The van der Waals surface area contributed by atoms with Gasteiger partial charge in [0.05, 0.1) is 35.7 Å². The third-order valence-corrected chi connectivity index (χ3v) is 4.84. The highest BCUT2D eigenvalue weighted by Gasteiger charge is 2.25. The van der Waals surface area contributed by atoms with Crippen LogP contribution < -0.4 is 15.8 Å². The van der Waals surface area contributed by atoms with Crippen LogP contribution in [-0.2, 0) is 9.84 Å². The minimum atomic E-state index is -5.73. The van der Waals surface area contributed by atoms with E-state index in [0.717, 1.165) is 4.90 Å². The number of nitrogens with two attached hydrogens (primary N) is 1. The summed E-state index contributed by atoms with van der Waals surface area (Å²) in [5.74, 6) is -2.60. The molecular formula is C17H27N3O4S. The molecule has 0 aliphatic carbocycles. The van der Waals surface area contributed by atoms with Crippen LogP contribution in [0.3, 0.4) is 0 Å². The minimum absolute atomic E-state index is 0.00830. The van der Waals surface area contributed by atoms with E-state index in [0.29, 0.717) is 6.42 Å². The van der Waals surface area contributed by atoms with Gasteiger partial charge in [0.2, 0.25) is 0 Å². The highest BCUT2D eigenvalue weighted by Crippen LogP contribution is 2.29. The van der Waals surface area contributed by atoms with E-state index in [1.165, 1.54) is 0 Å². The van der Waals surface area contributed by atoms with Crippen LogP contribution in [0.4, 0.5) is 5.69 Å². The molecular weight excluding hydrogens is 342 g/mol. The number of hydrogen-bond donors (Lipinski definition) is 2. The lowest BCUT2D eigenvalue weighted by molar-refractivity contribution is 0.0938. The lowest BCUT2D eigenvalue weighted by Crippen LogP contribution is -2.40. The number of hydrogen-bond acceptors (Lipinski definition) is 6. The van der Waals surface area contributed by atoms with Gasteiger partial charge in [0.15, 0.2) is 9.84 Å². The number of benzene rings is 1. The highest BCUT2D eigenvalue weighted by atomic mass is 32.2. The number of amides is 1. The van der Waals surface area contributed by atoms with E-state index in [-0.39, 0.29) is 13.0 Å². The first-order chi connectivity index (χ1) is 17.7. The Balaban J connectivity index is 2.67. The van der Waals surface area contributed by atoms with Gasteiger partial charge >= 0.3 is 0 Å². The summed E-state index contributed by atoms with van der Waals surface area (Å²) < 4.78 is 145. The molecule has 1 unspecified atom stereocenters. The standard InChI is InChI=1S/C17H27N3O4S/c1-4-20-8-6-7-12(20)11-19-17(21)13-9-16(25(22,23)5-2)14(18)10-15(13)24-3/h9-10,12H,4-8,11,18H2,1-3H3,(H,19,21)/i1D3,2D3,3D3,4D2,5D2,9D,10D. The van der Waals surface area contributed by atoms with Gasteiger partial charge in [-0.15, -0.1) is 0 Å². The van der Waals surface area contributed by atoms with Crippen molar-refractivity contribution in [1.82, 2.24) is 10.2 Å². The van der Waals surface area contributed by atoms with Gasteiger partial charge in [0.1, 0.15) is 5.75 Å². The van der Waals surface area contributed by atoms with Crippen LogP contribution in [0.2, 0.25) is 0 Å². The third kappa shape index (κ3) is 4.24. The quantitative estimate of drug-likeness (QED) is 0.687. The van der Waals surface area contributed by atoms with Crippen LogP contribution in [0.15, 0.2) is 17.0 Å². The first-order valence-electron chi connectivity index (χ1n) is 14.6. The molecule has 140 valence electrons. The molecule has 1 aromatic carbocycles. The van der Waals surface area contributed by atoms with Gasteiger partial charge in [0, 0.05) is 32.3 Å². The average molecular weight is 385 g/mol. The SMILES string of the molecule is [2H]c1c(N)c(S(=O)(=O)C([2H])([2H])C([2H])([2H])[2H])c([2H])c(C(=O)NCC2CCCN2C([2H])([2H])C([2H])([2H])[2H])c1OC([2H])([2H])[2H]. The Labute approximate surface area is 170 Å². The predicted octanol–water partition coefficient (Wildman–Crippen LogP) is 1.29. The van der Waals surface area contributed by atoms with Gasteiger partial charge in [0.25, 0.3) is 5.91 Å². The smallest absolute Gasteiger partial charge is 0.255 e. The Morgan fingerprint density at radius 2 is 2.40 bits per heavy atom. The molecule has 0 spiro atoms. The number of carbonyl (C=O) groups excluding carboxylic acids is 1. The fraction of sp³-hybridized carbons (Fsp3) is 0.588.